The molecule has 0 bridgehead atoms. The van der Waals surface area contributed by atoms with Gasteiger partial charge < -0.3 is 10.2 Å². The molecule has 0 aliphatic carbocycles. The van der Waals surface area contributed by atoms with Crippen molar-refractivity contribution in [2.75, 3.05) is 32.5 Å². The van der Waals surface area contributed by atoms with Crippen molar-refractivity contribution in [1.82, 2.24) is 9.80 Å². The van der Waals surface area contributed by atoms with Gasteiger partial charge in [-0.05, 0) is 38.5 Å². The lowest BCUT2D eigenvalue weighted by molar-refractivity contribution is 0.0828. The maximum Gasteiger partial charge on any atom is 0.254 e. The lowest BCUT2D eigenvalue weighted by atomic mass is 10.1. The van der Waals surface area contributed by atoms with Crippen LogP contribution in [-0.4, -0.2) is 55.0 Å². The van der Waals surface area contributed by atoms with Crippen molar-refractivity contribution in [3.8, 4) is 0 Å². The SMILES string of the molecule is CC(C)N1CCC(Nc2ccc(Cl)c(C(=O)N(C)C)c2)C1. The molecular weight excluding hydrogens is 286 g/mol. The highest BCUT2D eigenvalue weighted by Gasteiger charge is 2.24. The van der Waals surface area contributed by atoms with E-state index in [1.807, 2.05) is 12.1 Å². The van der Waals surface area contributed by atoms with Crippen LogP contribution in [0.4, 0.5) is 5.69 Å². The van der Waals surface area contributed by atoms with Crippen molar-refractivity contribution in [2.45, 2.75) is 32.4 Å². The molecule has 1 N–H and O–H groups in total. The average Bonchev–Trinajstić information content (AvgIpc) is 2.88. The minimum Gasteiger partial charge on any atom is -0.381 e. The molecule has 0 radical (unpaired) electrons. The number of benzene rings is 1. The molecule has 2 rings (SSSR count). The smallest absolute Gasteiger partial charge is 0.254 e. The van der Waals surface area contributed by atoms with E-state index >= 15 is 0 Å². The van der Waals surface area contributed by atoms with E-state index in [1.165, 1.54) is 0 Å². The van der Waals surface area contributed by atoms with E-state index in [4.69, 9.17) is 11.6 Å². The highest BCUT2D eigenvalue weighted by molar-refractivity contribution is 6.34. The van der Waals surface area contributed by atoms with E-state index in [2.05, 4.69) is 24.1 Å². The summed E-state index contributed by atoms with van der Waals surface area (Å²) in [5.41, 5.74) is 1.51. The second-order valence-electron chi connectivity index (χ2n) is 6.11. The van der Waals surface area contributed by atoms with Crippen molar-refractivity contribution in [2.24, 2.45) is 0 Å². The molecule has 0 aromatic heterocycles. The number of carbonyl (C=O) groups excluding carboxylic acids is 1. The van der Waals surface area contributed by atoms with Crippen LogP contribution in [0.15, 0.2) is 18.2 Å². The summed E-state index contributed by atoms with van der Waals surface area (Å²) >= 11 is 6.13. The summed E-state index contributed by atoms with van der Waals surface area (Å²) in [7, 11) is 3.46. The van der Waals surface area contributed by atoms with Crippen LogP contribution < -0.4 is 5.32 Å². The van der Waals surface area contributed by atoms with Crippen molar-refractivity contribution in [3.63, 3.8) is 0 Å². The molecule has 0 saturated carbocycles. The molecule has 116 valence electrons. The number of anilines is 1. The van der Waals surface area contributed by atoms with Gasteiger partial charge in [-0.3, -0.25) is 9.69 Å². The first kappa shape index (κ1) is 16.1. The summed E-state index contributed by atoms with van der Waals surface area (Å²) in [5, 5.41) is 4.01. The monoisotopic (exact) mass is 309 g/mol. The Bertz CT molecular complexity index is 516. The molecule has 1 unspecified atom stereocenters. The van der Waals surface area contributed by atoms with E-state index in [0.29, 0.717) is 22.7 Å². The van der Waals surface area contributed by atoms with Gasteiger partial charge in [0.25, 0.3) is 5.91 Å². The number of amides is 1. The third kappa shape index (κ3) is 3.89. The Balaban J connectivity index is 2.08. The first-order chi connectivity index (χ1) is 9.88. The average molecular weight is 310 g/mol. The van der Waals surface area contributed by atoms with Crippen molar-refractivity contribution in [3.05, 3.63) is 28.8 Å². The minimum absolute atomic E-state index is 0.0705. The van der Waals surface area contributed by atoms with E-state index in [9.17, 15) is 4.79 Å². The third-order valence-electron chi connectivity index (χ3n) is 3.92. The topological polar surface area (TPSA) is 35.6 Å². The molecule has 5 heteroatoms. The molecule has 21 heavy (non-hydrogen) atoms. The van der Waals surface area contributed by atoms with Gasteiger partial charge in [-0.25, -0.2) is 0 Å². The van der Waals surface area contributed by atoms with Gasteiger partial charge in [0.05, 0.1) is 10.6 Å². The zero-order valence-electron chi connectivity index (χ0n) is 13.2. The summed E-state index contributed by atoms with van der Waals surface area (Å²) in [5.74, 6) is -0.0705. The zero-order valence-corrected chi connectivity index (χ0v) is 13.9. The second-order valence-corrected chi connectivity index (χ2v) is 6.52. The molecule has 1 amide bonds. The van der Waals surface area contributed by atoms with Gasteiger partial charge in [0.15, 0.2) is 0 Å². The van der Waals surface area contributed by atoms with Gasteiger partial charge in [-0.2, -0.15) is 0 Å². The maximum atomic E-state index is 12.1. The standard InChI is InChI=1S/C16H24ClN3O/c1-11(2)20-8-7-13(10-20)18-12-5-6-15(17)14(9-12)16(21)19(3)4/h5-6,9,11,13,18H,7-8,10H2,1-4H3. The number of halogens is 1. The van der Waals surface area contributed by atoms with Crippen LogP contribution in [0.25, 0.3) is 0 Å². The Morgan fingerprint density at radius 1 is 1.43 bits per heavy atom. The van der Waals surface area contributed by atoms with Crippen LogP contribution in [0.1, 0.15) is 30.6 Å². The second kappa shape index (κ2) is 6.67. The van der Waals surface area contributed by atoms with Crippen LogP contribution in [-0.2, 0) is 0 Å². The number of nitrogens with one attached hydrogen (secondary N) is 1. The van der Waals surface area contributed by atoms with Crippen molar-refractivity contribution in [1.29, 1.82) is 0 Å². The number of hydrogen-bond donors (Lipinski definition) is 1. The van der Waals surface area contributed by atoms with Gasteiger partial charge in [0.2, 0.25) is 0 Å². The molecule has 1 aromatic carbocycles. The van der Waals surface area contributed by atoms with E-state index in [1.54, 1.807) is 25.1 Å². The van der Waals surface area contributed by atoms with Crippen LogP contribution in [0.2, 0.25) is 5.02 Å². The molecule has 4 nitrogen and oxygen atoms in total. The highest BCUT2D eigenvalue weighted by atomic mass is 35.5. The Hall–Kier alpha value is -1.26. The fourth-order valence-electron chi connectivity index (χ4n) is 2.63. The van der Waals surface area contributed by atoms with E-state index in [-0.39, 0.29) is 5.91 Å². The Labute approximate surface area is 132 Å². The number of likely N-dealkylation sites (tertiary alicyclic amines) is 1. The molecule has 1 heterocycles. The third-order valence-corrected chi connectivity index (χ3v) is 4.25. The summed E-state index contributed by atoms with van der Waals surface area (Å²) in [4.78, 5) is 16.1. The van der Waals surface area contributed by atoms with Crippen LogP contribution in [0, 0.1) is 0 Å². The number of hydrogen-bond acceptors (Lipinski definition) is 3. The Kier molecular flexibility index (Phi) is 5.12. The predicted molar refractivity (Wildman–Crippen MR) is 88.2 cm³/mol. The molecule has 1 aliphatic rings. The highest BCUT2D eigenvalue weighted by Crippen LogP contribution is 2.24. The maximum absolute atomic E-state index is 12.1. The molecule has 1 aromatic rings. The van der Waals surface area contributed by atoms with Gasteiger partial charge in [0.1, 0.15) is 0 Å². The first-order valence-electron chi connectivity index (χ1n) is 7.40. The molecule has 0 spiro atoms. The fourth-order valence-corrected chi connectivity index (χ4v) is 2.83. The van der Waals surface area contributed by atoms with E-state index in [0.717, 1.165) is 25.2 Å². The van der Waals surface area contributed by atoms with Gasteiger partial charge in [-0.15, -0.1) is 0 Å². The number of nitrogens with zero attached hydrogens (tertiary/aromatic N) is 2. The largest absolute Gasteiger partial charge is 0.381 e. The number of carbonyl (C=O) groups is 1. The van der Waals surface area contributed by atoms with Crippen molar-refractivity contribution < 1.29 is 4.79 Å². The van der Waals surface area contributed by atoms with Crippen LogP contribution in [0.5, 0.6) is 0 Å². The van der Waals surface area contributed by atoms with E-state index < -0.39 is 0 Å². The summed E-state index contributed by atoms with van der Waals surface area (Å²) in [6, 6.07) is 6.58. The van der Waals surface area contributed by atoms with Crippen LogP contribution >= 0.6 is 11.6 Å². The summed E-state index contributed by atoms with van der Waals surface area (Å²) < 4.78 is 0. The fraction of sp³-hybridized carbons (Fsp3) is 0.562. The van der Waals surface area contributed by atoms with Gasteiger partial charge in [0, 0.05) is 45.0 Å². The minimum atomic E-state index is -0.0705. The number of rotatable bonds is 4. The summed E-state index contributed by atoms with van der Waals surface area (Å²) in [6.07, 6.45) is 1.12. The zero-order chi connectivity index (χ0) is 15.6. The van der Waals surface area contributed by atoms with Crippen LogP contribution in [0.3, 0.4) is 0 Å². The summed E-state index contributed by atoms with van der Waals surface area (Å²) in [6.45, 7) is 6.60. The quantitative estimate of drug-likeness (QED) is 0.929. The normalized spacial score (nSPS) is 19.0. The first-order valence-corrected chi connectivity index (χ1v) is 7.78. The molecule has 1 aliphatic heterocycles. The lowest BCUT2D eigenvalue weighted by Gasteiger charge is -2.21. The Morgan fingerprint density at radius 2 is 2.14 bits per heavy atom. The van der Waals surface area contributed by atoms with Gasteiger partial charge >= 0.3 is 0 Å². The molecule has 1 fully saturated rings. The van der Waals surface area contributed by atoms with Crippen molar-refractivity contribution >= 4 is 23.2 Å². The predicted octanol–water partition coefficient (Wildman–Crippen LogP) is 2.94. The Morgan fingerprint density at radius 3 is 2.71 bits per heavy atom. The molecule has 1 saturated heterocycles. The lowest BCUT2D eigenvalue weighted by Crippen LogP contribution is -2.31. The molecular formula is C16H24ClN3O. The van der Waals surface area contributed by atoms with Gasteiger partial charge in [-0.1, -0.05) is 11.6 Å². The molecule has 1 atom stereocenters.